The first kappa shape index (κ1) is 18.3. The van der Waals surface area contributed by atoms with Gasteiger partial charge in [-0.25, -0.2) is 0 Å². The quantitative estimate of drug-likeness (QED) is 0.504. The second-order valence-electron chi connectivity index (χ2n) is 6.77. The normalized spacial score (nSPS) is 11.5. The lowest BCUT2D eigenvalue weighted by Gasteiger charge is -2.21. The second kappa shape index (κ2) is 7.54. The van der Waals surface area contributed by atoms with Gasteiger partial charge in [0, 0.05) is 13.6 Å². The van der Waals surface area contributed by atoms with Crippen LogP contribution in [0.2, 0.25) is 0 Å². The zero-order valence-electron chi connectivity index (χ0n) is 15.8. The van der Waals surface area contributed by atoms with Crippen LogP contribution in [0.15, 0.2) is 40.5 Å². The summed E-state index contributed by atoms with van der Waals surface area (Å²) in [4.78, 5) is 14.8. The molecular weight excluding hydrogens is 372 g/mol. The highest BCUT2D eigenvalue weighted by Crippen LogP contribution is 2.20. The lowest BCUT2D eigenvalue weighted by molar-refractivity contribution is 0.250. The standard InChI is InChI=1S/C20H20N6OS/c1-3-9-25(12-15-6-4-14(11-21)5-7-15)13-17-22-23-20-24(2)19(27)18-16(26(17)20)8-10-28-18/h4-8,10H,3,9,12-13H2,1-2H3. The molecule has 0 aliphatic carbocycles. The zero-order chi connectivity index (χ0) is 19.7. The summed E-state index contributed by atoms with van der Waals surface area (Å²) < 4.78 is 4.25. The SMILES string of the molecule is CCCN(Cc1ccc(C#N)cc1)Cc1nnc2n(C)c(=O)c3sccc3n12. The Morgan fingerprint density at radius 3 is 2.68 bits per heavy atom. The topological polar surface area (TPSA) is 79.2 Å². The van der Waals surface area contributed by atoms with Gasteiger partial charge in [0.25, 0.3) is 5.56 Å². The summed E-state index contributed by atoms with van der Waals surface area (Å²) in [5, 5.41) is 19.6. The summed E-state index contributed by atoms with van der Waals surface area (Å²) in [7, 11) is 1.73. The van der Waals surface area contributed by atoms with E-state index in [0.29, 0.717) is 22.6 Å². The predicted molar refractivity (Wildman–Crippen MR) is 109 cm³/mol. The fourth-order valence-electron chi connectivity index (χ4n) is 3.43. The van der Waals surface area contributed by atoms with Crippen LogP contribution in [0, 0.1) is 11.3 Å². The third kappa shape index (κ3) is 3.19. The molecule has 0 spiro atoms. The first-order valence-corrected chi connectivity index (χ1v) is 10.0. The molecule has 0 aliphatic rings. The molecule has 0 bridgehead atoms. The molecule has 0 fully saturated rings. The number of aromatic nitrogens is 4. The lowest BCUT2D eigenvalue weighted by atomic mass is 10.1. The van der Waals surface area contributed by atoms with Crippen molar-refractivity contribution in [3.8, 4) is 6.07 Å². The summed E-state index contributed by atoms with van der Waals surface area (Å²) >= 11 is 1.44. The fraction of sp³-hybridized carbons (Fsp3) is 0.300. The van der Waals surface area contributed by atoms with Gasteiger partial charge in [-0.2, -0.15) is 5.26 Å². The Labute approximate surface area is 166 Å². The van der Waals surface area contributed by atoms with Crippen LogP contribution in [-0.4, -0.2) is 30.6 Å². The van der Waals surface area contributed by atoms with Crippen molar-refractivity contribution in [2.75, 3.05) is 6.54 Å². The number of hydrogen-bond acceptors (Lipinski definition) is 6. The second-order valence-corrected chi connectivity index (χ2v) is 7.69. The molecule has 0 saturated heterocycles. The van der Waals surface area contributed by atoms with Gasteiger partial charge in [0.2, 0.25) is 5.78 Å². The molecule has 0 amide bonds. The molecule has 28 heavy (non-hydrogen) atoms. The van der Waals surface area contributed by atoms with Crippen molar-refractivity contribution >= 4 is 27.3 Å². The van der Waals surface area contributed by atoms with Crippen LogP contribution in [0.4, 0.5) is 0 Å². The summed E-state index contributed by atoms with van der Waals surface area (Å²) in [5.41, 5.74) is 2.63. The van der Waals surface area contributed by atoms with Crippen LogP contribution >= 0.6 is 11.3 Å². The molecule has 0 atom stereocenters. The minimum atomic E-state index is -0.0422. The largest absolute Gasteiger partial charge is 0.292 e. The maximum absolute atomic E-state index is 12.5. The maximum Gasteiger partial charge on any atom is 0.272 e. The molecule has 0 unspecified atom stereocenters. The average molecular weight is 392 g/mol. The van der Waals surface area contributed by atoms with Gasteiger partial charge in [-0.15, -0.1) is 21.5 Å². The van der Waals surface area contributed by atoms with Gasteiger partial charge in [-0.05, 0) is 42.1 Å². The molecule has 1 aromatic carbocycles. The highest BCUT2D eigenvalue weighted by molar-refractivity contribution is 7.17. The van der Waals surface area contributed by atoms with E-state index in [2.05, 4.69) is 28.1 Å². The number of nitriles is 1. The number of rotatable bonds is 6. The lowest BCUT2D eigenvalue weighted by Crippen LogP contribution is -2.25. The third-order valence-electron chi connectivity index (χ3n) is 4.79. The van der Waals surface area contributed by atoms with Crippen LogP contribution in [0.25, 0.3) is 16.0 Å². The Morgan fingerprint density at radius 2 is 1.96 bits per heavy atom. The maximum atomic E-state index is 12.5. The van der Waals surface area contributed by atoms with E-state index in [9.17, 15) is 4.79 Å². The van der Waals surface area contributed by atoms with Crippen molar-refractivity contribution in [3.63, 3.8) is 0 Å². The molecule has 0 radical (unpaired) electrons. The molecule has 0 saturated carbocycles. The van der Waals surface area contributed by atoms with Crippen molar-refractivity contribution in [1.29, 1.82) is 5.26 Å². The molecule has 7 nitrogen and oxygen atoms in total. The van der Waals surface area contributed by atoms with Crippen LogP contribution in [0.1, 0.15) is 30.3 Å². The van der Waals surface area contributed by atoms with Crippen molar-refractivity contribution < 1.29 is 0 Å². The van der Waals surface area contributed by atoms with Crippen LogP contribution < -0.4 is 5.56 Å². The first-order chi connectivity index (χ1) is 13.6. The molecule has 4 rings (SSSR count). The van der Waals surface area contributed by atoms with Gasteiger partial charge in [-0.1, -0.05) is 19.1 Å². The Kier molecular flexibility index (Phi) is 4.94. The first-order valence-electron chi connectivity index (χ1n) is 9.14. The number of aryl methyl sites for hydroxylation is 1. The van der Waals surface area contributed by atoms with Gasteiger partial charge < -0.3 is 0 Å². The van der Waals surface area contributed by atoms with Gasteiger partial charge in [0.05, 0.1) is 23.7 Å². The Morgan fingerprint density at radius 1 is 1.18 bits per heavy atom. The summed E-state index contributed by atoms with van der Waals surface area (Å²) in [6.45, 7) is 4.44. The van der Waals surface area contributed by atoms with E-state index in [1.165, 1.54) is 11.3 Å². The number of hydrogen-bond donors (Lipinski definition) is 0. The number of nitrogens with zero attached hydrogens (tertiary/aromatic N) is 6. The summed E-state index contributed by atoms with van der Waals surface area (Å²) in [5.74, 6) is 1.37. The number of benzene rings is 1. The fourth-order valence-corrected chi connectivity index (χ4v) is 4.28. The van der Waals surface area contributed by atoms with Crippen molar-refractivity contribution in [1.82, 2.24) is 24.1 Å². The molecule has 3 aromatic heterocycles. The van der Waals surface area contributed by atoms with Crippen molar-refractivity contribution in [2.45, 2.75) is 26.4 Å². The summed E-state index contributed by atoms with van der Waals surface area (Å²) in [6.07, 6.45) is 1.01. The minimum Gasteiger partial charge on any atom is -0.292 e. The van der Waals surface area contributed by atoms with Gasteiger partial charge >= 0.3 is 0 Å². The minimum absolute atomic E-state index is 0.0422. The number of thiophene rings is 1. The molecule has 142 valence electrons. The monoisotopic (exact) mass is 392 g/mol. The Bertz CT molecular complexity index is 1230. The highest BCUT2D eigenvalue weighted by Gasteiger charge is 2.17. The van der Waals surface area contributed by atoms with E-state index < -0.39 is 0 Å². The van der Waals surface area contributed by atoms with E-state index in [-0.39, 0.29) is 5.56 Å². The molecule has 0 aliphatic heterocycles. The van der Waals surface area contributed by atoms with E-state index >= 15 is 0 Å². The van der Waals surface area contributed by atoms with Gasteiger partial charge in [0.15, 0.2) is 5.82 Å². The van der Waals surface area contributed by atoms with Crippen LogP contribution in [0.5, 0.6) is 0 Å². The van der Waals surface area contributed by atoms with Crippen molar-refractivity contribution in [2.24, 2.45) is 7.05 Å². The van der Waals surface area contributed by atoms with Gasteiger partial charge in [0.1, 0.15) is 4.70 Å². The Hall–Kier alpha value is -3.02. The smallest absolute Gasteiger partial charge is 0.272 e. The van der Waals surface area contributed by atoms with Crippen LogP contribution in [-0.2, 0) is 20.1 Å². The molecule has 0 N–H and O–H groups in total. The van der Waals surface area contributed by atoms with E-state index in [0.717, 1.165) is 36.4 Å². The van der Waals surface area contributed by atoms with E-state index in [4.69, 9.17) is 5.26 Å². The zero-order valence-corrected chi connectivity index (χ0v) is 16.6. The predicted octanol–water partition coefficient (Wildman–Crippen LogP) is 2.93. The Balaban J connectivity index is 1.70. The van der Waals surface area contributed by atoms with E-state index in [1.54, 1.807) is 11.6 Å². The molecule has 4 aromatic rings. The van der Waals surface area contributed by atoms with Gasteiger partial charge in [-0.3, -0.25) is 18.7 Å². The molecule has 3 heterocycles. The summed E-state index contributed by atoms with van der Waals surface area (Å²) in [6, 6.07) is 11.8. The molecular formula is C20H20N6OS. The van der Waals surface area contributed by atoms with Crippen molar-refractivity contribution in [3.05, 3.63) is 63.0 Å². The highest BCUT2D eigenvalue weighted by atomic mass is 32.1. The number of fused-ring (bicyclic) bond motifs is 3. The van der Waals surface area contributed by atoms with E-state index in [1.807, 2.05) is 40.1 Å². The third-order valence-corrected chi connectivity index (χ3v) is 5.68. The molecule has 8 heteroatoms. The van der Waals surface area contributed by atoms with Crippen LogP contribution in [0.3, 0.4) is 0 Å². The average Bonchev–Trinajstić information content (AvgIpc) is 3.34.